The molecule has 2 heterocycles. The summed E-state index contributed by atoms with van der Waals surface area (Å²) >= 11 is 0. The lowest BCUT2D eigenvalue weighted by Gasteiger charge is -2.08. The zero-order chi connectivity index (χ0) is 20.2. The molecule has 0 aliphatic heterocycles. The molecular formula is C26H25FN2. The largest absolute Gasteiger partial charge is 0.339 e. The number of unbranched alkanes of at least 4 members (excludes halogenated alkanes) is 3. The van der Waals surface area contributed by atoms with Gasteiger partial charge in [-0.2, -0.15) is 0 Å². The number of hydrogen-bond acceptors (Lipinski definition) is 1. The van der Waals surface area contributed by atoms with E-state index >= 15 is 0 Å². The predicted octanol–water partition coefficient (Wildman–Crippen LogP) is 7.51. The lowest BCUT2D eigenvalue weighted by atomic mass is 9.97. The molecule has 2 nitrogen and oxygen atoms in total. The maximum atomic E-state index is 14.2. The van der Waals surface area contributed by atoms with E-state index in [1.807, 2.05) is 24.3 Å². The minimum atomic E-state index is -0.256. The van der Waals surface area contributed by atoms with Gasteiger partial charge < -0.3 is 4.98 Å². The van der Waals surface area contributed by atoms with E-state index in [4.69, 9.17) is 4.98 Å². The Labute approximate surface area is 170 Å². The minimum absolute atomic E-state index is 0.256. The van der Waals surface area contributed by atoms with Crippen LogP contribution in [0.25, 0.3) is 33.6 Å². The van der Waals surface area contributed by atoms with Crippen LogP contribution in [0.3, 0.4) is 0 Å². The quantitative estimate of drug-likeness (QED) is 0.328. The molecule has 0 aliphatic carbocycles. The second-order valence-corrected chi connectivity index (χ2v) is 7.37. The number of halogens is 1. The Morgan fingerprint density at radius 1 is 1.07 bits per heavy atom. The molecule has 0 saturated carbocycles. The van der Waals surface area contributed by atoms with Crippen molar-refractivity contribution in [2.24, 2.45) is 0 Å². The summed E-state index contributed by atoms with van der Waals surface area (Å²) < 4.78 is 14.2. The molecule has 2 aromatic carbocycles. The summed E-state index contributed by atoms with van der Waals surface area (Å²) in [6.45, 7) is 6.34. The summed E-state index contributed by atoms with van der Waals surface area (Å²) in [4.78, 5) is 8.15. The average Bonchev–Trinajstić information content (AvgIpc) is 3.10. The van der Waals surface area contributed by atoms with Crippen molar-refractivity contribution in [3.8, 4) is 0 Å². The van der Waals surface area contributed by atoms with Crippen LogP contribution >= 0.6 is 0 Å². The van der Waals surface area contributed by atoms with E-state index in [0.29, 0.717) is 11.1 Å². The van der Waals surface area contributed by atoms with Crippen LogP contribution in [-0.2, 0) is 0 Å². The first-order valence-electron chi connectivity index (χ1n) is 10.2. The lowest BCUT2D eigenvalue weighted by Crippen LogP contribution is -1.90. The Kier molecular flexibility index (Phi) is 5.57. The van der Waals surface area contributed by atoms with Crippen molar-refractivity contribution in [2.75, 3.05) is 0 Å². The van der Waals surface area contributed by atoms with E-state index in [1.165, 1.54) is 25.3 Å². The Hall–Kier alpha value is -3.20. The van der Waals surface area contributed by atoms with E-state index in [1.54, 1.807) is 12.1 Å². The zero-order valence-electron chi connectivity index (χ0n) is 16.7. The summed E-state index contributed by atoms with van der Waals surface area (Å²) in [5.74, 6) is -0.256. The Balaban J connectivity index is 1.65. The van der Waals surface area contributed by atoms with Crippen LogP contribution in [-0.4, -0.2) is 9.97 Å². The van der Waals surface area contributed by atoms with Gasteiger partial charge in [0.25, 0.3) is 0 Å². The van der Waals surface area contributed by atoms with Crippen molar-refractivity contribution < 1.29 is 4.39 Å². The molecule has 0 spiro atoms. The third-order valence-corrected chi connectivity index (χ3v) is 5.29. The molecule has 0 bridgehead atoms. The van der Waals surface area contributed by atoms with E-state index in [9.17, 15) is 4.39 Å². The highest BCUT2D eigenvalue weighted by Gasteiger charge is 2.11. The van der Waals surface area contributed by atoms with E-state index < -0.39 is 0 Å². The SMILES string of the molecule is C=C(c1ccc2[nH]c3nc(C=CCCCCC)ccc3c2c1)c1ccccc1F. The zero-order valence-corrected chi connectivity index (χ0v) is 16.7. The Morgan fingerprint density at radius 2 is 1.93 bits per heavy atom. The highest BCUT2D eigenvalue weighted by molar-refractivity contribution is 6.07. The van der Waals surface area contributed by atoms with E-state index in [-0.39, 0.29) is 5.82 Å². The molecule has 0 atom stereocenters. The van der Waals surface area contributed by atoms with Gasteiger partial charge in [-0.05, 0) is 60.4 Å². The fourth-order valence-electron chi connectivity index (χ4n) is 3.65. The Bertz CT molecular complexity index is 1200. The number of benzene rings is 2. The number of pyridine rings is 1. The third kappa shape index (κ3) is 4.00. The van der Waals surface area contributed by atoms with Crippen molar-refractivity contribution >= 4 is 33.6 Å². The molecule has 4 aromatic rings. The first-order chi connectivity index (χ1) is 14.2. The summed E-state index contributed by atoms with van der Waals surface area (Å²) in [7, 11) is 0. The second kappa shape index (κ2) is 8.44. The van der Waals surface area contributed by atoms with Gasteiger partial charge in [-0.25, -0.2) is 9.37 Å². The standard InChI is InChI=1S/C26H25FN2/c1-3-4-5-6-7-10-20-14-15-22-23-17-19(13-16-25(23)29-26(22)28-20)18(2)21-11-8-9-12-24(21)27/h7-17H,2-6H2,1H3,(H,28,29). The number of fused-ring (bicyclic) bond motifs is 3. The number of aromatic amines is 1. The van der Waals surface area contributed by atoms with Crippen molar-refractivity contribution in [1.29, 1.82) is 0 Å². The molecule has 0 saturated heterocycles. The van der Waals surface area contributed by atoms with Crippen molar-refractivity contribution in [3.05, 3.63) is 89.9 Å². The minimum Gasteiger partial charge on any atom is -0.339 e. The molecule has 0 unspecified atom stereocenters. The van der Waals surface area contributed by atoms with Crippen molar-refractivity contribution in [3.63, 3.8) is 0 Å². The van der Waals surface area contributed by atoms with E-state index in [0.717, 1.165) is 39.6 Å². The molecule has 3 heteroatoms. The Morgan fingerprint density at radius 3 is 2.76 bits per heavy atom. The van der Waals surface area contributed by atoms with Gasteiger partial charge in [0, 0.05) is 21.9 Å². The van der Waals surface area contributed by atoms with Crippen LogP contribution in [0.4, 0.5) is 4.39 Å². The maximum absolute atomic E-state index is 14.2. The highest BCUT2D eigenvalue weighted by atomic mass is 19.1. The molecule has 0 radical (unpaired) electrons. The highest BCUT2D eigenvalue weighted by Crippen LogP contribution is 2.30. The normalized spacial score (nSPS) is 11.7. The van der Waals surface area contributed by atoms with Crippen LogP contribution in [0.1, 0.15) is 49.4 Å². The van der Waals surface area contributed by atoms with Crippen LogP contribution in [0.2, 0.25) is 0 Å². The van der Waals surface area contributed by atoms with Crippen molar-refractivity contribution in [2.45, 2.75) is 32.6 Å². The molecule has 1 N–H and O–H groups in total. The summed E-state index contributed by atoms with van der Waals surface area (Å²) in [6.07, 6.45) is 9.09. The topological polar surface area (TPSA) is 28.7 Å². The maximum Gasteiger partial charge on any atom is 0.139 e. The molecule has 0 aliphatic rings. The number of nitrogens with one attached hydrogen (secondary N) is 1. The lowest BCUT2D eigenvalue weighted by molar-refractivity contribution is 0.624. The molecule has 0 fully saturated rings. The van der Waals surface area contributed by atoms with Gasteiger partial charge in [0.05, 0.1) is 5.69 Å². The van der Waals surface area contributed by atoms with Crippen LogP contribution < -0.4 is 0 Å². The third-order valence-electron chi connectivity index (χ3n) is 5.29. The van der Waals surface area contributed by atoms with Crippen molar-refractivity contribution in [1.82, 2.24) is 9.97 Å². The molecular weight excluding hydrogens is 359 g/mol. The number of allylic oxidation sites excluding steroid dienone is 1. The van der Waals surface area contributed by atoms with Gasteiger partial charge in [-0.15, -0.1) is 0 Å². The molecule has 4 rings (SSSR count). The van der Waals surface area contributed by atoms with Gasteiger partial charge in [0.2, 0.25) is 0 Å². The van der Waals surface area contributed by atoms with Gasteiger partial charge in [-0.1, -0.05) is 56.7 Å². The predicted molar refractivity (Wildman–Crippen MR) is 121 cm³/mol. The van der Waals surface area contributed by atoms with Gasteiger partial charge in [-0.3, -0.25) is 0 Å². The summed E-state index contributed by atoms with van der Waals surface area (Å²) in [6, 6.07) is 16.9. The molecule has 2 aromatic heterocycles. The number of hydrogen-bond donors (Lipinski definition) is 1. The van der Waals surface area contributed by atoms with Gasteiger partial charge >= 0.3 is 0 Å². The number of H-pyrrole nitrogens is 1. The number of rotatable bonds is 7. The van der Waals surface area contributed by atoms with Crippen LogP contribution in [0.5, 0.6) is 0 Å². The summed E-state index contributed by atoms with van der Waals surface area (Å²) in [5, 5.41) is 2.13. The fourth-order valence-corrected chi connectivity index (χ4v) is 3.65. The first-order valence-corrected chi connectivity index (χ1v) is 10.2. The smallest absolute Gasteiger partial charge is 0.139 e. The molecule has 0 amide bonds. The van der Waals surface area contributed by atoms with Gasteiger partial charge in [0.15, 0.2) is 0 Å². The number of nitrogens with zero attached hydrogens (tertiary/aromatic N) is 1. The fraction of sp³-hybridized carbons (Fsp3) is 0.192. The monoisotopic (exact) mass is 384 g/mol. The summed E-state index contributed by atoms with van der Waals surface area (Å²) in [5.41, 5.74) is 4.95. The molecule has 146 valence electrons. The van der Waals surface area contributed by atoms with Crippen LogP contribution in [0, 0.1) is 5.82 Å². The first kappa shape index (κ1) is 19.1. The molecule has 29 heavy (non-hydrogen) atoms. The second-order valence-electron chi connectivity index (χ2n) is 7.37. The van der Waals surface area contributed by atoms with Gasteiger partial charge in [0.1, 0.15) is 11.5 Å². The average molecular weight is 384 g/mol. The van der Waals surface area contributed by atoms with E-state index in [2.05, 4.69) is 42.8 Å². The number of aromatic nitrogens is 2. The van der Waals surface area contributed by atoms with Crippen LogP contribution in [0.15, 0.2) is 67.3 Å².